The zero-order valence-electron chi connectivity index (χ0n) is 8.97. The summed E-state index contributed by atoms with van der Waals surface area (Å²) in [4.78, 5) is 13.4. The molecule has 0 saturated carbocycles. The fourth-order valence-corrected chi connectivity index (χ4v) is 1.53. The fraction of sp³-hybridized carbons (Fsp3) is 0.727. The molecule has 1 rings (SSSR count). The van der Waals surface area contributed by atoms with Crippen molar-refractivity contribution in [2.24, 2.45) is 5.92 Å². The molecule has 0 atom stereocenters. The monoisotopic (exact) mass is 194 g/mol. The Morgan fingerprint density at radius 1 is 1.50 bits per heavy atom. The molecule has 0 aliphatic carbocycles. The number of amides is 2. The summed E-state index contributed by atoms with van der Waals surface area (Å²) in [7, 11) is 0. The van der Waals surface area contributed by atoms with E-state index < -0.39 is 0 Å². The van der Waals surface area contributed by atoms with Gasteiger partial charge in [0.2, 0.25) is 0 Å². The molecule has 3 nitrogen and oxygen atoms in total. The van der Waals surface area contributed by atoms with Crippen LogP contribution in [0.1, 0.15) is 26.7 Å². The fourth-order valence-electron chi connectivity index (χ4n) is 1.53. The minimum absolute atomic E-state index is 0.0275. The minimum Gasteiger partial charge on any atom is -0.327 e. The first kappa shape index (κ1) is 10.9. The van der Waals surface area contributed by atoms with Gasteiger partial charge in [-0.1, -0.05) is 12.8 Å². The van der Waals surface area contributed by atoms with Crippen LogP contribution in [0.3, 0.4) is 0 Å². The summed E-state index contributed by atoms with van der Waals surface area (Å²) >= 11 is 0. The van der Waals surface area contributed by atoms with Crippen LogP contribution in [0.2, 0.25) is 0 Å². The van der Waals surface area contributed by atoms with Crippen LogP contribution in [-0.2, 0) is 0 Å². The molecule has 0 spiro atoms. The number of hydrogen-bond acceptors (Lipinski definition) is 1. The Morgan fingerprint density at radius 3 is 2.71 bits per heavy atom. The minimum atomic E-state index is 0.0275. The van der Waals surface area contributed by atoms with Crippen molar-refractivity contribution in [2.45, 2.75) is 26.7 Å². The molecule has 0 aromatic rings. The normalized spacial score (nSPS) is 17.1. The van der Waals surface area contributed by atoms with E-state index in [-0.39, 0.29) is 6.03 Å². The van der Waals surface area contributed by atoms with Crippen LogP contribution in [-0.4, -0.2) is 30.6 Å². The molecule has 0 aromatic carbocycles. The molecule has 1 aliphatic rings. The van der Waals surface area contributed by atoms with Crippen molar-refractivity contribution in [3.63, 3.8) is 0 Å². The maximum Gasteiger partial charge on any atom is 0.318 e. The highest BCUT2D eigenvalue weighted by Crippen LogP contribution is 2.15. The highest BCUT2D eigenvalue weighted by atomic mass is 16.2. The van der Waals surface area contributed by atoms with Crippen LogP contribution >= 0.6 is 0 Å². The van der Waals surface area contributed by atoms with Gasteiger partial charge in [-0.2, -0.15) is 0 Å². The lowest BCUT2D eigenvalue weighted by Gasteiger charge is -2.30. The summed E-state index contributed by atoms with van der Waals surface area (Å²) in [6, 6.07) is 0.0275. The van der Waals surface area contributed by atoms with Gasteiger partial charge in [-0.05, 0) is 25.7 Å². The van der Waals surface area contributed by atoms with Crippen LogP contribution in [0.4, 0.5) is 4.79 Å². The third kappa shape index (κ3) is 3.29. The first-order valence-corrected chi connectivity index (χ1v) is 5.16. The topological polar surface area (TPSA) is 32.3 Å². The van der Waals surface area contributed by atoms with Crippen molar-refractivity contribution in [3.8, 4) is 11.8 Å². The largest absolute Gasteiger partial charge is 0.327 e. The number of likely N-dealkylation sites (tertiary alicyclic amines) is 1. The number of nitrogens with zero attached hydrogens (tertiary/aromatic N) is 1. The molecule has 1 N–H and O–H groups in total. The number of carbonyl (C=O) groups excluding carboxylic acids is 1. The Balaban J connectivity index is 2.26. The summed E-state index contributed by atoms with van der Waals surface area (Å²) in [5.74, 6) is 6.33. The van der Waals surface area contributed by atoms with Crippen molar-refractivity contribution in [3.05, 3.63) is 0 Å². The second-order valence-corrected chi connectivity index (χ2v) is 3.76. The average Bonchev–Trinajstić information content (AvgIpc) is 2.19. The van der Waals surface area contributed by atoms with Gasteiger partial charge in [-0.3, -0.25) is 0 Å². The predicted octanol–water partition coefficient (Wildman–Crippen LogP) is 1.45. The molecule has 1 heterocycles. The van der Waals surface area contributed by atoms with E-state index in [4.69, 9.17) is 0 Å². The van der Waals surface area contributed by atoms with E-state index >= 15 is 0 Å². The van der Waals surface area contributed by atoms with Crippen LogP contribution < -0.4 is 5.32 Å². The van der Waals surface area contributed by atoms with Crippen LogP contribution in [0.25, 0.3) is 0 Å². The van der Waals surface area contributed by atoms with Crippen molar-refractivity contribution < 1.29 is 4.79 Å². The van der Waals surface area contributed by atoms with Crippen molar-refractivity contribution >= 4 is 6.03 Å². The predicted molar refractivity (Wildman–Crippen MR) is 56.8 cm³/mol. The van der Waals surface area contributed by atoms with E-state index in [0.717, 1.165) is 31.8 Å². The van der Waals surface area contributed by atoms with E-state index in [1.807, 2.05) is 4.90 Å². The highest BCUT2D eigenvalue weighted by molar-refractivity contribution is 5.74. The molecule has 0 radical (unpaired) electrons. The molecule has 0 bridgehead atoms. The standard InChI is InChI=1S/C11H18N2O/c1-3-4-7-12-11(14)13-8-5-10(2)6-9-13/h10H,5-9H2,1-2H3,(H,12,14). The van der Waals surface area contributed by atoms with Crippen LogP contribution in [0, 0.1) is 17.8 Å². The Morgan fingerprint density at radius 2 is 2.14 bits per heavy atom. The maximum atomic E-state index is 11.5. The lowest BCUT2D eigenvalue weighted by molar-refractivity contribution is 0.175. The van der Waals surface area contributed by atoms with E-state index in [9.17, 15) is 4.79 Å². The van der Waals surface area contributed by atoms with Gasteiger partial charge < -0.3 is 10.2 Å². The molecular weight excluding hydrogens is 176 g/mol. The zero-order valence-corrected chi connectivity index (χ0v) is 8.97. The molecule has 1 saturated heterocycles. The lowest BCUT2D eigenvalue weighted by Crippen LogP contribution is -2.44. The van der Waals surface area contributed by atoms with E-state index in [1.54, 1.807) is 6.92 Å². The molecule has 1 fully saturated rings. The number of hydrogen-bond donors (Lipinski definition) is 1. The van der Waals surface area contributed by atoms with Gasteiger partial charge >= 0.3 is 6.03 Å². The van der Waals surface area contributed by atoms with Gasteiger partial charge in [0.15, 0.2) is 0 Å². The van der Waals surface area contributed by atoms with Gasteiger partial charge in [0.05, 0.1) is 6.54 Å². The Hall–Kier alpha value is -1.17. The van der Waals surface area contributed by atoms with Gasteiger partial charge in [0.1, 0.15) is 0 Å². The number of piperidine rings is 1. The first-order chi connectivity index (χ1) is 6.74. The first-order valence-electron chi connectivity index (χ1n) is 5.16. The van der Waals surface area contributed by atoms with Gasteiger partial charge in [-0.15, -0.1) is 5.92 Å². The highest BCUT2D eigenvalue weighted by Gasteiger charge is 2.19. The summed E-state index contributed by atoms with van der Waals surface area (Å²) in [6.07, 6.45) is 2.24. The molecule has 1 aliphatic heterocycles. The summed E-state index contributed by atoms with van der Waals surface area (Å²) in [5.41, 5.74) is 0. The molecule has 0 unspecified atom stereocenters. The zero-order chi connectivity index (χ0) is 10.4. The van der Waals surface area contributed by atoms with E-state index in [1.165, 1.54) is 0 Å². The third-order valence-electron chi connectivity index (χ3n) is 2.58. The Labute approximate surface area is 85.9 Å². The molecular formula is C11H18N2O. The molecule has 3 heteroatoms. The second-order valence-electron chi connectivity index (χ2n) is 3.76. The second kappa shape index (κ2) is 5.54. The SMILES string of the molecule is CC#CCNC(=O)N1CCC(C)CC1. The summed E-state index contributed by atoms with van der Waals surface area (Å²) < 4.78 is 0. The van der Waals surface area contributed by atoms with Gasteiger partial charge in [0, 0.05) is 13.1 Å². The average molecular weight is 194 g/mol. The smallest absolute Gasteiger partial charge is 0.318 e. The Bertz CT molecular complexity index is 244. The van der Waals surface area contributed by atoms with Gasteiger partial charge in [-0.25, -0.2) is 4.79 Å². The third-order valence-corrected chi connectivity index (χ3v) is 2.58. The van der Waals surface area contributed by atoms with Crippen molar-refractivity contribution in [1.82, 2.24) is 10.2 Å². The molecule has 78 valence electrons. The van der Waals surface area contributed by atoms with Crippen LogP contribution in [0.15, 0.2) is 0 Å². The lowest BCUT2D eigenvalue weighted by atomic mass is 10.00. The summed E-state index contributed by atoms with van der Waals surface area (Å²) in [6.45, 7) is 6.23. The number of carbonyl (C=O) groups is 1. The Kier molecular flexibility index (Phi) is 4.31. The molecule has 2 amide bonds. The number of urea groups is 1. The van der Waals surface area contributed by atoms with E-state index in [2.05, 4.69) is 24.1 Å². The molecule has 14 heavy (non-hydrogen) atoms. The number of rotatable bonds is 1. The van der Waals surface area contributed by atoms with Crippen LogP contribution in [0.5, 0.6) is 0 Å². The van der Waals surface area contributed by atoms with Gasteiger partial charge in [0.25, 0.3) is 0 Å². The summed E-state index contributed by atoms with van der Waals surface area (Å²) in [5, 5.41) is 2.78. The quantitative estimate of drug-likeness (QED) is 0.630. The maximum absolute atomic E-state index is 11.5. The van der Waals surface area contributed by atoms with E-state index in [0.29, 0.717) is 6.54 Å². The molecule has 0 aromatic heterocycles. The number of nitrogens with one attached hydrogen (secondary N) is 1. The van der Waals surface area contributed by atoms with Crippen molar-refractivity contribution in [2.75, 3.05) is 19.6 Å². The van der Waals surface area contributed by atoms with Crippen molar-refractivity contribution in [1.29, 1.82) is 0 Å².